The molecule has 2 saturated heterocycles. The van der Waals surface area contributed by atoms with Crippen LogP contribution in [0.1, 0.15) is 44.1 Å². The second kappa shape index (κ2) is 11.6. The molecule has 34 heavy (non-hydrogen) atoms. The van der Waals surface area contributed by atoms with Crippen LogP contribution in [0.4, 0.5) is 0 Å². The minimum Gasteiger partial charge on any atom is -0.481 e. The molecule has 2 aliphatic heterocycles. The van der Waals surface area contributed by atoms with E-state index in [1.54, 1.807) is 5.01 Å². The summed E-state index contributed by atoms with van der Waals surface area (Å²) >= 11 is 0. The molecule has 0 aliphatic carbocycles. The summed E-state index contributed by atoms with van der Waals surface area (Å²) in [5.74, 6) is -3.00. The Morgan fingerprint density at radius 3 is 2.59 bits per heavy atom. The Bertz CT molecular complexity index is 950. The Morgan fingerprint density at radius 2 is 1.91 bits per heavy atom. The van der Waals surface area contributed by atoms with Gasteiger partial charge in [0.05, 0.1) is 18.2 Å². The van der Waals surface area contributed by atoms with Gasteiger partial charge in [0.25, 0.3) is 0 Å². The molecule has 2 aliphatic rings. The first kappa shape index (κ1) is 25.2. The molecule has 2 heterocycles. The summed E-state index contributed by atoms with van der Waals surface area (Å²) in [6.07, 6.45) is 2.10. The average molecular weight is 471 g/mol. The SMILES string of the molecule is N=C(CC1CCN2CCC[C@@H](C(=O)N[C@H](C=O)CC(=O)O)N2C1=O)C(=O)CCc1ccccc1. The summed E-state index contributed by atoms with van der Waals surface area (Å²) in [5.41, 5.74) is 0.912. The van der Waals surface area contributed by atoms with E-state index in [0.29, 0.717) is 45.1 Å². The van der Waals surface area contributed by atoms with Crippen molar-refractivity contribution in [2.24, 2.45) is 5.92 Å². The van der Waals surface area contributed by atoms with Crippen LogP contribution in [0.5, 0.6) is 0 Å². The van der Waals surface area contributed by atoms with E-state index in [-0.39, 0.29) is 30.2 Å². The lowest BCUT2D eigenvalue weighted by atomic mass is 9.90. The number of nitrogens with one attached hydrogen (secondary N) is 2. The first-order valence-corrected chi connectivity index (χ1v) is 11.5. The normalized spacial score (nSPS) is 21.3. The second-order valence-corrected chi connectivity index (χ2v) is 8.72. The Hall–Kier alpha value is -3.40. The minimum atomic E-state index is -1.22. The van der Waals surface area contributed by atoms with E-state index in [0.717, 1.165) is 5.56 Å². The number of aliphatic carboxylic acids is 1. The monoisotopic (exact) mass is 470 g/mol. The number of hydrogen-bond acceptors (Lipinski definition) is 7. The number of amides is 2. The van der Waals surface area contributed by atoms with E-state index in [1.165, 1.54) is 5.01 Å². The molecule has 10 nitrogen and oxygen atoms in total. The van der Waals surface area contributed by atoms with Crippen molar-refractivity contribution in [3.63, 3.8) is 0 Å². The number of aldehydes is 1. The maximum absolute atomic E-state index is 13.3. The van der Waals surface area contributed by atoms with Gasteiger partial charge in [0, 0.05) is 31.8 Å². The third-order valence-electron chi connectivity index (χ3n) is 6.26. The Kier molecular flexibility index (Phi) is 8.64. The van der Waals surface area contributed by atoms with Crippen LogP contribution in [0.2, 0.25) is 0 Å². The lowest BCUT2D eigenvalue weighted by Crippen LogP contribution is -2.65. The van der Waals surface area contributed by atoms with Crippen molar-refractivity contribution >= 4 is 35.6 Å². The molecule has 10 heteroatoms. The first-order valence-electron chi connectivity index (χ1n) is 11.5. The van der Waals surface area contributed by atoms with E-state index in [4.69, 9.17) is 10.5 Å². The third kappa shape index (κ3) is 6.34. The average Bonchev–Trinajstić information content (AvgIpc) is 2.83. The van der Waals surface area contributed by atoms with Gasteiger partial charge in [-0.25, -0.2) is 5.01 Å². The fraction of sp³-hybridized carbons (Fsp3) is 0.500. The fourth-order valence-electron chi connectivity index (χ4n) is 4.47. The van der Waals surface area contributed by atoms with Crippen LogP contribution < -0.4 is 5.32 Å². The third-order valence-corrected chi connectivity index (χ3v) is 6.26. The topological polar surface area (TPSA) is 148 Å². The molecule has 1 unspecified atom stereocenters. The molecule has 2 amide bonds. The van der Waals surface area contributed by atoms with E-state index in [2.05, 4.69) is 5.32 Å². The van der Waals surface area contributed by atoms with Gasteiger partial charge in [-0.05, 0) is 31.2 Å². The predicted octanol–water partition coefficient (Wildman–Crippen LogP) is 0.984. The summed E-state index contributed by atoms with van der Waals surface area (Å²) in [5, 5.41) is 22.7. The molecule has 0 radical (unpaired) electrons. The number of Topliss-reactive ketones (excluding diaryl/α,β-unsaturated/α-hetero) is 1. The van der Waals surface area contributed by atoms with Gasteiger partial charge < -0.3 is 20.6 Å². The number of nitrogens with zero attached hydrogens (tertiary/aromatic N) is 2. The number of fused-ring (bicyclic) bond motifs is 1. The van der Waals surface area contributed by atoms with E-state index in [1.807, 2.05) is 30.3 Å². The van der Waals surface area contributed by atoms with Gasteiger partial charge in [0.15, 0.2) is 5.78 Å². The van der Waals surface area contributed by atoms with Crippen LogP contribution >= 0.6 is 0 Å². The summed E-state index contributed by atoms with van der Waals surface area (Å²) < 4.78 is 0. The van der Waals surface area contributed by atoms with Gasteiger partial charge in [-0.3, -0.25) is 24.2 Å². The number of carbonyl (C=O) groups excluding carboxylic acids is 4. The zero-order chi connectivity index (χ0) is 24.7. The zero-order valence-corrected chi connectivity index (χ0v) is 18.9. The molecule has 2 fully saturated rings. The van der Waals surface area contributed by atoms with E-state index in [9.17, 15) is 24.0 Å². The Morgan fingerprint density at radius 1 is 1.18 bits per heavy atom. The number of rotatable bonds is 11. The molecule has 182 valence electrons. The largest absolute Gasteiger partial charge is 0.481 e. The number of benzene rings is 1. The molecular formula is C24H30N4O6. The molecule has 0 aromatic heterocycles. The smallest absolute Gasteiger partial charge is 0.305 e. The highest BCUT2D eigenvalue weighted by atomic mass is 16.4. The number of carbonyl (C=O) groups is 5. The molecule has 3 atom stereocenters. The van der Waals surface area contributed by atoms with E-state index < -0.39 is 36.3 Å². The predicted molar refractivity (Wildman–Crippen MR) is 122 cm³/mol. The molecule has 0 saturated carbocycles. The van der Waals surface area contributed by atoms with Crippen molar-refractivity contribution in [1.29, 1.82) is 5.41 Å². The highest BCUT2D eigenvalue weighted by Gasteiger charge is 2.43. The van der Waals surface area contributed by atoms with Crippen LogP contribution in [-0.2, 0) is 30.4 Å². The molecule has 0 spiro atoms. The number of carboxylic acids is 1. The number of ketones is 1. The molecular weight excluding hydrogens is 440 g/mol. The maximum Gasteiger partial charge on any atom is 0.305 e. The molecule has 1 aromatic rings. The lowest BCUT2D eigenvalue weighted by molar-refractivity contribution is -0.180. The minimum absolute atomic E-state index is 0.0150. The first-order chi connectivity index (χ1) is 16.3. The van der Waals surface area contributed by atoms with Gasteiger partial charge in [-0.1, -0.05) is 30.3 Å². The van der Waals surface area contributed by atoms with Gasteiger partial charge in [-0.15, -0.1) is 0 Å². The van der Waals surface area contributed by atoms with E-state index >= 15 is 0 Å². The van der Waals surface area contributed by atoms with Crippen LogP contribution in [-0.4, -0.2) is 75.9 Å². The standard InChI is InChI=1S/C24H30N4O6/c25-19(21(30)9-8-16-5-2-1-3-6-16)13-17-10-12-27-11-4-7-20(28(27)24(17)34)23(33)26-18(15-29)14-22(31)32/h1-3,5-6,15,17-18,20,25H,4,7-14H2,(H,26,33)(H,31,32)/t17?,18-,20-/m0/s1. The maximum atomic E-state index is 13.3. The van der Waals surface area contributed by atoms with Crippen molar-refractivity contribution in [2.75, 3.05) is 13.1 Å². The second-order valence-electron chi connectivity index (χ2n) is 8.72. The quantitative estimate of drug-likeness (QED) is 0.323. The molecule has 0 bridgehead atoms. The van der Waals surface area contributed by atoms with Crippen molar-refractivity contribution < 1.29 is 29.1 Å². The zero-order valence-electron chi connectivity index (χ0n) is 18.9. The van der Waals surface area contributed by atoms with Crippen molar-refractivity contribution in [3.05, 3.63) is 35.9 Å². The fourth-order valence-corrected chi connectivity index (χ4v) is 4.47. The summed E-state index contributed by atoms with van der Waals surface area (Å²) in [6, 6.07) is 7.48. The highest BCUT2D eigenvalue weighted by Crippen LogP contribution is 2.29. The van der Waals surface area contributed by atoms with Gasteiger partial charge in [0.2, 0.25) is 11.8 Å². The molecule has 1 aromatic carbocycles. The number of carboxylic acid groups (broad SMARTS) is 1. The van der Waals surface area contributed by atoms with Gasteiger partial charge in [0.1, 0.15) is 12.3 Å². The van der Waals surface area contributed by atoms with Crippen LogP contribution in [0.25, 0.3) is 0 Å². The number of hydrogen-bond donors (Lipinski definition) is 3. The molecule has 3 N–H and O–H groups in total. The number of hydrazine groups is 1. The van der Waals surface area contributed by atoms with Crippen LogP contribution in [0, 0.1) is 11.3 Å². The van der Waals surface area contributed by atoms with Crippen LogP contribution in [0.3, 0.4) is 0 Å². The highest BCUT2D eigenvalue weighted by molar-refractivity contribution is 6.38. The Balaban J connectivity index is 1.61. The van der Waals surface area contributed by atoms with Crippen molar-refractivity contribution in [2.45, 2.75) is 57.0 Å². The lowest BCUT2D eigenvalue weighted by Gasteiger charge is -2.48. The summed E-state index contributed by atoms with van der Waals surface area (Å²) in [4.78, 5) is 60.7. The summed E-state index contributed by atoms with van der Waals surface area (Å²) in [7, 11) is 0. The van der Waals surface area contributed by atoms with Gasteiger partial charge in [-0.2, -0.15) is 0 Å². The van der Waals surface area contributed by atoms with Gasteiger partial charge >= 0.3 is 5.97 Å². The van der Waals surface area contributed by atoms with Crippen LogP contribution in [0.15, 0.2) is 30.3 Å². The van der Waals surface area contributed by atoms with Crippen molar-refractivity contribution in [1.82, 2.24) is 15.3 Å². The number of aryl methyl sites for hydroxylation is 1. The Labute approximate surface area is 197 Å². The van der Waals surface area contributed by atoms with Crippen molar-refractivity contribution in [3.8, 4) is 0 Å². The molecule has 3 rings (SSSR count). The summed E-state index contributed by atoms with van der Waals surface area (Å²) in [6.45, 7) is 1.11.